The van der Waals surface area contributed by atoms with E-state index in [-0.39, 0.29) is 15.5 Å². The van der Waals surface area contributed by atoms with Gasteiger partial charge in [0.2, 0.25) is 16.1 Å². The standard InChI is InChI=1S/C17H16ClNO6S/c1-19-26(22,23)14-10-12(8-9-13(14)18)16(20)25-15(17(21)24-2)11-6-4-3-5-7-11/h3-10,15,19H,1-2H3. The van der Waals surface area contributed by atoms with Crippen molar-refractivity contribution in [3.8, 4) is 0 Å². The molecule has 2 aromatic rings. The molecule has 7 nitrogen and oxygen atoms in total. The molecule has 26 heavy (non-hydrogen) atoms. The van der Waals surface area contributed by atoms with E-state index in [9.17, 15) is 18.0 Å². The van der Waals surface area contributed by atoms with Crippen molar-refractivity contribution in [1.29, 1.82) is 0 Å². The number of carbonyl (C=O) groups excluding carboxylic acids is 2. The molecule has 0 amide bonds. The molecule has 0 saturated carbocycles. The highest BCUT2D eigenvalue weighted by Crippen LogP contribution is 2.25. The van der Waals surface area contributed by atoms with Gasteiger partial charge in [-0.25, -0.2) is 22.7 Å². The first-order valence-corrected chi connectivity index (χ1v) is 9.23. The summed E-state index contributed by atoms with van der Waals surface area (Å²) in [5.41, 5.74) is 0.345. The van der Waals surface area contributed by atoms with Gasteiger partial charge in [-0.3, -0.25) is 0 Å². The minimum Gasteiger partial charge on any atom is -0.466 e. The third-order valence-electron chi connectivity index (χ3n) is 3.47. The Balaban J connectivity index is 2.36. The van der Waals surface area contributed by atoms with Gasteiger partial charge in [-0.15, -0.1) is 0 Å². The summed E-state index contributed by atoms with van der Waals surface area (Å²) in [6.07, 6.45) is -1.28. The first-order valence-electron chi connectivity index (χ1n) is 7.37. The van der Waals surface area contributed by atoms with Crippen LogP contribution in [-0.4, -0.2) is 34.5 Å². The highest BCUT2D eigenvalue weighted by Gasteiger charge is 2.27. The molecule has 0 spiro atoms. The zero-order chi connectivity index (χ0) is 19.3. The molecular weight excluding hydrogens is 382 g/mol. The Hall–Kier alpha value is -2.42. The molecule has 2 aromatic carbocycles. The van der Waals surface area contributed by atoms with Gasteiger partial charge >= 0.3 is 11.9 Å². The lowest BCUT2D eigenvalue weighted by Gasteiger charge is -2.16. The van der Waals surface area contributed by atoms with Crippen LogP contribution in [-0.2, 0) is 24.3 Å². The number of ether oxygens (including phenoxy) is 2. The maximum atomic E-state index is 12.4. The molecule has 0 aliphatic carbocycles. The Morgan fingerprint density at radius 3 is 2.35 bits per heavy atom. The van der Waals surface area contributed by atoms with Crippen LogP contribution in [0, 0.1) is 0 Å². The van der Waals surface area contributed by atoms with E-state index in [2.05, 4.69) is 9.46 Å². The van der Waals surface area contributed by atoms with E-state index in [1.165, 1.54) is 26.3 Å². The Morgan fingerprint density at radius 2 is 1.77 bits per heavy atom. The lowest BCUT2D eigenvalue weighted by molar-refractivity contribution is -0.151. The van der Waals surface area contributed by atoms with Crippen molar-refractivity contribution < 1.29 is 27.5 Å². The molecule has 2 rings (SSSR count). The first kappa shape index (κ1) is 19.9. The highest BCUT2D eigenvalue weighted by molar-refractivity contribution is 7.89. The van der Waals surface area contributed by atoms with Gasteiger partial charge in [-0.1, -0.05) is 41.9 Å². The van der Waals surface area contributed by atoms with E-state index < -0.39 is 28.1 Å². The van der Waals surface area contributed by atoms with Crippen LogP contribution >= 0.6 is 11.6 Å². The van der Waals surface area contributed by atoms with Gasteiger partial charge in [0, 0.05) is 5.56 Å². The molecule has 1 N–H and O–H groups in total. The topological polar surface area (TPSA) is 98.8 Å². The molecule has 0 aliphatic rings. The van der Waals surface area contributed by atoms with E-state index in [0.717, 1.165) is 6.07 Å². The van der Waals surface area contributed by atoms with Gasteiger partial charge in [0.1, 0.15) is 4.90 Å². The molecule has 0 aliphatic heterocycles. The average Bonchev–Trinajstić information content (AvgIpc) is 2.66. The summed E-state index contributed by atoms with van der Waals surface area (Å²) < 4.78 is 36.0. The number of rotatable bonds is 6. The van der Waals surface area contributed by atoms with Gasteiger partial charge in [-0.05, 0) is 25.2 Å². The highest BCUT2D eigenvalue weighted by atomic mass is 35.5. The van der Waals surface area contributed by atoms with Crippen molar-refractivity contribution in [1.82, 2.24) is 4.72 Å². The van der Waals surface area contributed by atoms with Crippen LogP contribution in [0.5, 0.6) is 0 Å². The molecule has 0 heterocycles. The molecule has 138 valence electrons. The van der Waals surface area contributed by atoms with E-state index in [1.807, 2.05) is 0 Å². The third kappa shape index (κ3) is 4.40. The number of hydrogen-bond donors (Lipinski definition) is 1. The number of esters is 2. The fraction of sp³-hybridized carbons (Fsp3) is 0.176. The number of methoxy groups -OCH3 is 1. The fourth-order valence-electron chi connectivity index (χ4n) is 2.11. The van der Waals surface area contributed by atoms with Crippen LogP contribution in [0.2, 0.25) is 5.02 Å². The number of halogens is 1. The van der Waals surface area contributed by atoms with Crippen molar-refractivity contribution in [2.24, 2.45) is 0 Å². The summed E-state index contributed by atoms with van der Waals surface area (Å²) in [7, 11) is -1.47. The van der Waals surface area contributed by atoms with E-state index in [1.54, 1.807) is 30.3 Å². The SMILES string of the molecule is CNS(=O)(=O)c1cc(C(=O)OC(C(=O)OC)c2ccccc2)ccc1Cl. The van der Waals surface area contributed by atoms with E-state index in [4.69, 9.17) is 16.3 Å². The van der Waals surface area contributed by atoms with Crippen LogP contribution in [0.1, 0.15) is 22.0 Å². The van der Waals surface area contributed by atoms with Crippen LogP contribution in [0.15, 0.2) is 53.4 Å². The third-order valence-corrected chi connectivity index (χ3v) is 5.36. The van der Waals surface area contributed by atoms with Crippen molar-refractivity contribution in [2.45, 2.75) is 11.0 Å². The summed E-state index contributed by atoms with van der Waals surface area (Å²) in [6, 6.07) is 12.0. The van der Waals surface area contributed by atoms with Crippen LogP contribution in [0.4, 0.5) is 0 Å². The second-order valence-corrected chi connectivity index (χ2v) is 7.33. The summed E-state index contributed by atoms with van der Waals surface area (Å²) in [6.45, 7) is 0. The maximum absolute atomic E-state index is 12.4. The maximum Gasteiger partial charge on any atom is 0.351 e. The van der Waals surface area contributed by atoms with Crippen LogP contribution < -0.4 is 4.72 Å². The Morgan fingerprint density at radius 1 is 1.12 bits per heavy atom. The van der Waals surface area contributed by atoms with Gasteiger partial charge < -0.3 is 9.47 Å². The zero-order valence-corrected chi connectivity index (χ0v) is 15.5. The number of sulfonamides is 1. The number of benzene rings is 2. The monoisotopic (exact) mass is 397 g/mol. The fourth-order valence-corrected chi connectivity index (χ4v) is 3.36. The summed E-state index contributed by atoms with van der Waals surface area (Å²) >= 11 is 5.89. The lowest BCUT2D eigenvalue weighted by atomic mass is 10.1. The summed E-state index contributed by atoms with van der Waals surface area (Å²) in [5, 5.41) is -0.0523. The first-order chi connectivity index (χ1) is 12.3. The molecule has 1 atom stereocenters. The molecule has 0 aromatic heterocycles. The summed E-state index contributed by atoms with van der Waals surface area (Å²) in [5.74, 6) is -1.66. The van der Waals surface area contributed by atoms with Crippen LogP contribution in [0.25, 0.3) is 0 Å². The zero-order valence-electron chi connectivity index (χ0n) is 13.9. The average molecular weight is 398 g/mol. The number of hydrogen-bond acceptors (Lipinski definition) is 6. The Labute approximate surface area is 155 Å². The van der Waals surface area contributed by atoms with Gasteiger partial charge in [0.15, 0.2) is 0 Å². The molecule has 9 heteroatoms. The lowest BCUT2D eigenvalue weighted by Crippen LogP contribution is -2.22. The van der Waals surface area contributed by atoms with E-state index in [0.29, 0.717) is 5.56 Å². The normalized spacial score (nSPS) is 12.3. The minimum absolute atomic E-state index is 0.0523. The van der Waals surface area contributed by atoms with Crippen LogP contribution in [0.3, 0.4) is 0 Å². The second kappa shape index (κ2) is 8.31. The summed E-state index contributed by atoms with van der Waals surface area (Å²) in [4.78, 5) is 24.1. The number of nitrogens with one attached hydrogen (secondary N) is 1. The van der Waals surface area contributed by atoms with Gasteiger partial charge in [-0.2, -0.15) is 0 Å². The molecule has 0 radical (unpaired) electrons. The van der Waals surface area contributed by atoms with Gasteiger partial charge in [0.05, 0.1) is 17.7 Å². The predicted octanol–water partition coefficient (Wildman–Crippen LogP) is 2.32. The molecule has 1 unspecified atom stereocenters. The largest absolute Gasteiger partial charge is 0.466 e. The smallest absolute Gasteiger partial charge is 0.351 e. The number of carbonyl (C=O) groups is 2. The Kier molecular flexibility index (Phi) is 6.36. The molecule has 0 bridgehead atoms. The minimum atomic E-state index is -3.87. The van der Waals surface area contributed by atoms with E-state index >= 15 is 0 Å². The predicted molar refractivity (Wildman–Crippen MR) is 94.3 cm³/mol. The van der Waals surface area contributed by atoms with Crippen molar-refractivity contribution in [3.05, 3.63) is 64.7 Å². The van der Waals surface area contributed by atoms with Crippen molar-refractivity contribution >= 4 is 33.6 Å². The molecule has 0 saturated heterocycles. The second-order valence-electron chi connectivity index (χ2n) is 5.07. The van der Waals surface area contributed by atoms with Crippen molar-refractivity contribution in [2.75, 3.05) is 14.2 Å². The Bertz CT molecular complexity index is 914. The molecule has 0 fully saturated rings. The van der Waals surface area contributed by atoms with Crippen molar-refractivity contribution in [3.63, 3.8) is 0 Å². The molecular formula is C17H16ClNO6S. The van der Waals surface area contributed by atoms with Gasteiger partial charge in [0.25, 0.3) is 0 Å². The quantitative estimate of drug-likeness (QED) is 0.751.